The number of hydrogen-bond acceptors (Lipinski definition) is 4. The number of benzene rings is 2. The molecule has 154 valence electrons. The molecular formula is C23H27NO5. The molecule has 2 rings (SSSR count). The van der Waals surface area contributed by atoms with Crippen molar-refractivity contribution in [2.75, 3.05) is 0 Å². The summed E-state index contributed by atoms with van der Waals surface area (Å²) < 4.78 is 5.71. The number of hydrogen-bond donors (Lipinski definition) is 2. The number of ketones is 1. The number of carbonyl (C=O) groups excluding carboxylic acids is 2. The van der Waals surface area contributed by atoms with E-state index in [-0.39, 0.29) is 5.78 Å². The molecule has 2 N–H and O–H groups in total. The smallest absolute Gasteiger partial charge is 0.308 e. The van der Waals surface area contributed by atoms with Gasteiger partial charge in [0.2, 0.25) is 0 Å². The van der Waals surface area contributed by atoms with Crippen molar-refractivity contribution in [3.8, 4) is 5.75 Å². The number of carboxylic acids is 1. The SMILES string of the molecule is CC(=O)CCc1ccc(O[C@H](C)C(=O)N[C@H](c2ccccc2)[C@H](C)C(=O)O)cc1. The number of carboxylic acid groups (broad SMARTS) is 1. The van der Waals surface area contributed by atoms with E-state index in [2.05, 4.69) is 5.32 Å². The minimum atomic E-state index is -0.992. The van der Waals surface area contributed by atoms with Crippen LogP contribution in [0.4, 0.5) is 0 Å². The predicted octanol–water partition coefficient (Wildman–Crippen LogP) is 3.55. The molecule has 0 fully saturated rings. The molecule has 0 radical (unpaired) electrons. The van der Waals surface area contributed by atoms with Crippen LogP contribution in [0.3, 0.4) is 0 Å². The van der Waals surface area contributed by atoms with Gasteiger partial charge in [-0.1, -0.05) is 42.5 Å². The van der Waals surface area contributed by atoms with Crippen molar-refractivity contribution in [1.29, 1.82) is 0 Å². The first-order chi connectivity index (χ1) is 13.8. The summed E-state index contributed by atoms with van der Waals surface area (Å²) in [6.07, 6.45) is 0.351. The van der Waals surface area contributed by atoms with Gasteiger partial charge < -0.3 is 20.0 Å². The molecule has 2 aromatic rings. The van der Waals surface area contributed by atoms with Gasteiger partial charge >= 0.3 is 5.97 Å². The van der Waals surface area contributed by atoms with E-state index >= 15 is 0 Å². The maximum absolute atomic E-state index is 12.6. The first-order valence-corrected chi connectivity index (χ1v) is 9.61. The lowest BCUT2D eigenvalue weighted by Crippen LogP contribution is -2.42. The van der Waals surface area contributed by atoms with E-state index in [1.165, 1.54) is 0 Å². The Morgan fingerprint density at radius 2 is 1.62 bits per heavy atom. The zero-order valence-corrected chi connectivity index (χ0v) is 16.9. The molecule has 1 amide bonds. The highest BCUT2D eigenvalue weighted by molar-refractivity contribution is 5.82. The van der Waals surface area contributed by atoms with Gasteiger partial charge in [0, 0.05) is 6.42 Å². The van der Waals surface area contributed by atoms with Gasteiger partial charge in [-0.25, -0.2) is 0 Å². The lowest BCUT2D eigenvalue weighted by Gasteiger charge is -2.25. The van der Waals surface area contributed by atoms with Crippen LogP contribution in [-0.4, -0.2) is 28.9 Å². The highest BCUT2D eigenvalue weighted by atomic mass is 16.5. The fraction of sp³-hybridized carbons (Fsp3) is 0.348. The topological polar surface area (TPSA) is 92.7 Å². The minimum Gasteiger partial charge on any atom is -0.481 e. The van der Waals surface area contributed by atoms with Gasteiger partial charge in [0.15, 0.2) is 6.10 Å². The Morgan fingerprint density at radius 3 is 2.17 bits per heavy atom. The monoisotopic (exact) mass is 397 g/mol. The molecule has 0 aliphatic rings. The van der Waals surface area contributed by atoms with E-state index in [0.29, 0.717) is 18.6 Å². The van der Waals surface area contributed by atoms with Crippen LogP contribution in [0.25, 0.3) is 0 Å². The zero-order valence-electron chi connectivity index (χ0n) is 16.9. The van der Waals surface area contributed by atoms with E-state index in [1.807, 2.05) is 18.2 Å². The number of nitrogens with one attached hydrogen (secondary N) is 1. The van der Waals surface area contributed by atoms with Gasteiger partial charge in [-0.2, -0.15) is 0 Å². The quantitative estimate of drug-likeness (QED) is 0.640. The maximum Gasteiger partial charge on any atom is 0.308 e. The van der Waals surface area contributed by atoms with Crippen molar-refractivity contribution in [1.82, 2.24) is 5.32 Å². The van der Waals surface area contributed by atoms with E-state index in [4.69, 9.17) is 4.74 Å². The van der Waals surface area contributed by atoms with E-state index in [9.17, 15) is 19.5 Å². The summed E-state index contributed by atoms with van der Waals surface area (Å²) in [5, 5.41) is 12.2. The van der Waals surface area contributed by atoms with Crippen LogP contribution in [0, 0.1) is 5.92 Å². The normalized spacial score (nSPS) is 13.8. The Hall–Kier alpha value is -3.15. The molecule has 3 atom stereocenters. The third-order valence-corrected chi connectivity index (χ3v) is 4.72. The third-order valence-electron chi connectivity index (χ3n) is 4.72. The highest BCUT2D eigenvalue weighted by Crippen LogP contribution is 2.23. The van der Waals surface area contributed by atoms with Crippen LogP contribution in [0.5, 0.6) is 5.75 Å². The summed E-state index contributed by atoms with van der Waals surface area (Å²) in [7, 11) is 0. The zero-order chi connectivity index (χ0) is 21.4. The molecule has 0 saturated carbocycles. The number of aliphatic carboxylic acids is 1. The fourth-order valence-electron chi connectivity index (χ4n) is 2.88. The summed E-state index contributed by atoms with van der Waals surface area (Å²) in [4.78, 5) is 35.2. The van der Waals surface area contributed by atoms with Crippen LogP contribution >= 0.6 is 0 Å². The number of aryl methyl sites for hydroxylation is 1. The van der Waals surface area contributed by atoms with Gasteiger partial charge in [0.1, 0.15) is 11.5 Å². The van der Waals surface area contributed by atoms with Gasteiger partial charge in [0.25, 0.3) is 5.91 Å². The number of Topliss-reactive ketones (excluding diaryl/α,β-unsaturated/α-hetero) is 1. The molecule has 0 saturated heterocycles. The predicted molar refractivity (Wildman–Crippen MR) is 110 cm³/mol. The van der Waals surface area contributed by atoms with Gasteiger partial charge in [-0.15, -0.1) is 0 Å². The van der Waals surface area contributed by atoms with Crippen molar-refractivity contribution in [3.05, 3.63) is 65.7 Å². The Balaban J connectivity index is 2.02. The summed E-state index contributed by atoms with van der Waals surface area (Å²) in [5.74, 6) is -1.52. The Bertz CT molecular complexity index is 832. The second kappa shape index (κ2) is 10.4. The molecule has 29 heavy (non-hydrogen) atoms. The number of rotatable bonds is 10. The first-order valence-electron chi connectivity index (χ1n) is 9.61. The van der Waals surface area contributed by atoms with Crippen molar-refractivity contribution in [3.63, 3.8) is 0 Å². The average Bonchev–Trinajstić information content (AvgIpc) is 2.71. The van der Waals surface area contributed by atoms with Gasteiger partial charge in [0.05, 0.1) is 12.0 Å². The Labute approximate surface area is 170 Å². The van der Waals surface area contributed by atoms with Crippen LogP contribution < -0.4 is 10.1 Å². The molecule has 0 spiro atoms. The first kappa shape index (κ1) is 22.1. The minimum absolute atomic E-state index is 0.138. The molecule has 6 heteroatoms. The van der Waals surface area contributed by atoms with Crippen molar-refractivity contribution < 1.29 is 24.2 Å². The summed E-state index contributed by atoms with van der Waals surface area (Å²) in [6.45, 7) is 4.74. The summed E-state index contributed by atoms with van der Waals surface area (Å²) in [6, 6.07) is 15.6. The summed E-state index contributed by atoms with van der Waals surface area (Å²) in [5.41, 5.74) is 1.74. The fourth-order valence-corrected chi connectivity index (χ4v) is 2.88. The standard InChI is InChI=1S/C23H27NO5/c1-15(25)9-10-18-11-13-20(14-12-18)29-17(3)22(26)24-21(16(2)23(27)28)19-7-5-4-6-8-19/h4-8,11-14,16-17,21H,9-10H2,1-3H3,(H,24,26)(H,27,28)/t16-,17+,21-/m0/s1. The Kier molecular flexibility index (Phi) is 7.95. The number of ether oxygens (including phenoxy) is 1. The molecule has 0 unspecified atom stereocenters. The average molecular weight is 397 g/mol. The van der Waals surface area contributed by atoms with Crippen LogP contribution in [0.2, 0.25) is 0 Å². The molecule has 0 heterocycles. The number of amides is 1. The van der Waals surface area contributed by atoms with Crippen LogP contribution in [0.1, 0.15) is 44.4 Å². The van der Waals surface area contributed by atoms with Crippen LogP contribution in [0.15, 0.2) is 54.6 Å². The van der Waals surface area contributed by atoms with Crippen LogP contribution in [-0.2, 0) is 20.8 Å². The molecule has 0 aliphatic carbocycles. The largest absolute Gasteiger partial charge is 0.481 e. The van der Waals surface area contributed by atoms with E-state index in [0.717, 1.165) is 11.1 Å². The second-order valence-corrected chi connectivity index (χ2v) is 7.13. The van der Waals surface area contributed by atoms with Crippen molar-refractivity contribution >= 4 is 17.7 Å². The molecule has 0 bridgehead atoms. The number of carbonyl (C=O) groups is 3. The maximum atomic E-state index is 12.6. The van der Waals surface area contributed by atoms with E-state index < -0.39 is 29.9 Å². The summed E-state index contributed by atoms with van der Waals surface area (Å²) >= 11 is 0. The lowest BCUT2D eigenvalue weighted by molar-refractivity contribution is -0.142. The Morgan fingerprint density at radius 1 is 1.00 bits per heavy atom. The van der Waals surface area contributed by atoms with Gasteiger partial charge in [-0.05, 0) is 50.5 Å². The molecule has 2 aromatic carbocycles. The second-order valence-electron chi connectivity index (χ2n) is 7.13. The van der Waals surface area contributed by atoms with Gasteiger partial charge in [-0.3, -0.25) is 9.59 Å². The molecule has 6 nitrogen and oxygen atoms in total. The van der Waals surface area contributed by atoms with Crippen molar-refractivity contribution in [2.45, 2.75) is 45.8 Å². The molecule has 0 aliphatic heterocycles. The molecular weight excluding hydrogens is 370 g/mol. The lowest BCUT2D eigenvalue weighted by atomic mass is 9.94. The van der Waals surface area contributed by atoms with Crippen molar-refractivity contribution in [2.24, 2.45) is 5.92 Å². The van der Waals surface area contributed by atoms with E-state index in [1.54, 1.807) is 57.2 Å². The highest BCUT2D eigenvalue weighted by Gasteiger charge is 2.28. The third kappa shape index (κ3) is 6.75. The molecule has 0 aromatic heterocycles.